The first-order valence-corrected chi connectivity index (χ1v) is 11.7. The standard InChI is InChI=1S/C17H19Cl2N3O3S2/c1-2-11-27(24,25)22-9-7-21(8-10-22)17(23)14-15(19)26-16(20-14)12-3-5-13(18)6-4-12/h3-6H,2,7-11H2,1H3. The molecule has 0 spiro atoms. The molecule has 3 rings (SSSR count). The van der Waals surface area contributed by atoms with Gasteiger partial charge in [-0.2, -0.15) is 4.31 Å². The van der Waals surface area contributed by atoms with Crippen LogP contribution in [0.2, 0.25) is 9.36 Å². The van der Waals surface area contributed by atoms with Gasteiger partial charge in [-0.1, -0.05) is 42.3 Å². The van der Waals surface area contributed by atoms with E-state index in [0.717, 1.165) is 5.56 Å². The second-order valence-corrected chi connectivity index (χ2v) is 10.3. The quantitative estimate of drug-likeness (QED) is 0.701. The zero-order valence-electron chi connectivity index (χ0n) is 14.7. The molecule has 2 heterocycles. The van der Waals surface area contributed by atoms with E-state index in [1.54, 1.807) is 17.0 Å². The molecule has 0 radical (unpaired) electrons. The van der Waals surface area contributed by atoms with Gasteiger partial charge in [0.2, 0.25) is 10.0 Å². The molecule has 0 saturated carbocycles. The fourth-order valence-electron chi connectivity index (χ4n) is 2.86. The van der Waals surface area contributed by atoms with E-state index >= 15 is 0 Å². The highest BCUT2D eigenvalue weighted by molar-refractivity contribution is 7.89. The molecule has 27 heavy (non-hydrogen) atoms. The van der Waals surface area contributed by atoms with Crippen LogP contribution in [0.25, 0.3) is 10.6 Å². The van der Waals surface area contributed by atoms with Crippen molar-refractivity contribution in [2.75, 3.05) is 31.9 Å². The number of thiazole rings is 1. The molecule has 2 aromatic rings. The first-order valence-electron chi connectivity index (χ1n) is 8.51. The number of aromatic nitrogens is 1. The lowest BCUT2D eigenvalue weighted by molar-refractivity contribution is 0.0693. The number of hydrogen-bond donors (Lipinski definition) is 0. The summed E-state index contributed by atoms with van der Waals surface area (Å²) in [6.45, 7) is 3.07. The van der Waals surface area contributed by atoms with Crippen LogP contribution in [0.3, 0.4) is 0 Å². The van der Waals surface area contributed by atoms with Gasteiger partial charge in [-0.05, 0) is 18.6 Å². The molecule has 146 valence electrons. The summed E-state index contributed by atoms with van der Waals surface area (Å²) in [4.78, 5) is 18.8. The summed E-state index contributed by atoms with van der Waals surface area (Å²) in [5.74, 6) is -0.146. The van der Waals surface area contributed by atoms with Crippen LogP contribution in [0, 0.1) is 0 Å². The van der Waals surface area contributed by atoms with Crippen LogP contribution >= 0.6 is 34.5 Å². The summed E-state index contributed by atoms with van der Waals surface area (Å²) in [6, 6.07) is 7.15. The maximum Gasteiger partial charge on any atom is 0.275 e. The van der Waals surface area contributed by atoms with E-state index in [4.69, 9.17) is 23.2 Å². The minimum absolute atomic E-state index is 0.128. The fraction of sp³-hybridized carbons (Fsp3) is 0.412. The van der Waals surface area contributed by atoms with Gasteiger partial charge in [0.05, 0.1) is 5.75 Å². The molecular weight excluding hydrogens is 429 g/mol. The maximum atomic E-state index is 12.8. The van der Waals surface area contributed by atoms with Crippen molar-refractivity contribution in [1.82, 2.24) is 14.2 Å². The molecule has 1 fully saturated rings. The third-order valence-corrected chi connectivity index (χ3v) is 7.89. The van der Waals surface area contributed by atoms with Gasteiger partial charge in [-0.15, -0.1) is 11.3 Å². The Morgan fingerprint density at radius 2 is 1.78 bits per heavy atom. The predicted molar refractivity (Wildman–Crippen MR) is 109 cm³/mol. The van der Waals surface area contributed by atoms with Crippen molar-refractivity contribution >= 4 is 50.5 Å². The highest BCUT2D eigenvalue weighted by Crippen LogP contribution is 2.33. The Kier molecular flexibility index (Phi) is 6.43. The summed E-state index contributed by atoms with van der Waals surface area (Å²) in [7, 11) is -3.25. The number of amides is 1. The van der Waals surface area contributed by atoms with Crippen LogP contribution in [0.4, 0.5) is 0 Å². The highest BCUT2D eigenvalue weighted by Gasteiger charge is 2.30. The van der Waals surface area contributed by atoms with Crippen LogP contribution in [0.1, 0.15) is 23.8 Å². The Balaban J connectivity index is 1.71. The number of hydrogen-bond acceptors (Lipinski definition) is 5. The smallest absolute Gasteiger partial charge is 0.275 e. The highest BCUT2D eigenvalue weighted by atomic mass is 35.5. The topological polar surface area (TPSA) is 70.6 Å². The fourth-order valence-corrected chi connectivity index (χ4v) is 5.61. The van der Waals surface area contributed by atoms with Crippen molar-refractivity contribution in [3.8, 4) is 10.6 Å². The molecule has 10 heteroatoms. The van der Waals surface area contributed by atoms with Crippen LogP contribution in [0.15, 0.2) is 24.3 Å². The molecule has 0 N–H and O–H groups in total. The van der Waals surface area contributed by atoms with Gasteiger partial charge in [0.15, 0.2) is 5.69 Å². The minimum Gasteiger partial charge on any atom is -0.335 e. The molecule has 0 aliphatic carbocycles. The van der Waals surface area contributed by atoms with Gasteiger partial charge in [0, 0.05) is 36.8 Å². The second-order valence-electron chi connectivity index (χ2n) is 6.16. The Morgan fingerprint density at radius 3 is 2.37 bits per heavy atom. The molecule has 6 nitrogen and oxygen atoms in total. The Morgan fingerprint density at radius 1 is 1.15 bits per heavy atom. The monoisotopic (exact) mass is 447 g/mol. The molecule has 1 aliphatic rings. The van der Waals surface area contributed by atoms with Gasteiger partial charge in [-0.25, -0.2) is 13.4 Å². The Labute approximate surface area is 172 Å². The van der Waals surface area contributed by atoms with Crippen molar-refractivity contribution in [3.05, 3.63) is 39.3 Å². The van der Waals surface area contributed by atoms with Crippen molar-refractivity contribution in [3.63, 3.8) is 0 Å². The van der Waals surface area contributed by atoms with Crippen molar-refractivity contribution in [2.45, 2.75) is 13.3 Å². The van der Waals surface area contributed by atoms with Crippen molar-refractivity contribution in [2.24, 2.45) is 0 Å². The molecule has 1 aromatic heterocycles. The van der Waals surface area contributed by atoms with Gasteiger partial charge in [0.1, 0.15) is 9.34 Å². The van der Waals surface area contributed by atoms with E-state index in [9.17, 15) is 13.2 Å². The van der Waals surface area contributed by atoms with Crippen LogP contribution in [-0.2, 0) is 10.0 Å². The van der Waals surface area contributed by atoms with E-state index < -0.39 is 10.0 Å². The number of halogens is 2. The van der Waals surface area contributed by atoms with Gasteiger partial charge in [-0.3, -0.25) is 4.79 Å². The predicted octanol–water partition coefficient (Wildman–Crippen LogP) is 3.61. The zero-order valence-corrected chi connectivity index (χ0v) is 17.8. The number of piperazine rings is 1. The molecule has 1 amide bonds. The Hall–Kier alpha value is -1.19. The molecule has 1 aromatic carbocycles. The molecule has 0 atom stereocenters. The number of carbonyl (C=O) groups is 1. The van der Waals surface area contributed by atoms with Crippen LogP contribution in [-0.4, -0.2) is 60.4 Å². The normalized spacial score (nSPS) is 15.9. The number of rotatable bonds is 5. The zero-order chi connectivity index (χ0) is 19.6. The number of carbonyl (C=O) groups excluding carboxylic acids is 1. The van der Waals surface area contributed by atoms with Gasteiger partial charge >= 0.3 is 0 Å². The SMILES string of the molecule is CCCS(=O)(=O)N1CCN(C(=O)c2nc(-c3ccc(Cl)cc3)sc2Cl)CC1. The third-order valence-electron chi connectivity index (χ3n) is 4.26. The number of nitrogens with zero attached hydrogens (tertiary/aromatic N) is 3. The summed E-state index contributed by atoms with van der Waals surface area (Å²) in [6.07, 6.45) is 0.573. The minimum atomic E-state index is -3.25. The van der Waals surface area contributed by atoms with Crippen LogP contribution in [0.5, 0.6) is 0 Å². The number of sulfonamides is 1. The number of benzene rings is 1. The lowest BCUT2D eigenvalue weighted by Gasteiger charge is -2.33. The summed E-state index contributed by atoms with van der Waals surface area (Å²) >= 11 is 13.4. The largest absolute Gasteiger partial charge is 0.335 e. The first-order chi connectivity index (χ1) is 12.8. The average molecular weight is 448 g/mol. The lowest BCUT2D eigenvalue weighted by atomic mass is 10.2. The molecule has 1 aliphatic heterocycles. The van der Waals surface area contributed by atoms with Gasteiger partial charge in [0.25, 0.3) is 5.91 Å². The van der Waals surface area contributed by atoms with E-state index in [-0.39, 0.29) is 17.4 Å². The van der Waals surface area contributed by atoms with E-state index in [1.165, 1.54) is 15.6 Å². The van der Waals surface area contributed by atoms with Crippen molar-refractivity contribution < 1.29 is 13.2 Å². The molecular formula is C17H19Cl2N3O3S2. The van der Waals surface area contributed by atoms with Crippen LogP contribution < -0.4 is 0 Å². The third kappa shape index (κ3) is 4.63. The van der Waals surface area contributed by atoms with E-state index in [2.05, 4.69) is 4.98 Å². The maximum absolute atomic E-state index is 12.8. The second kappa shape index (κ2) is 8.45. The summed E-state index contributed by atoms with van der Waals surface area (Å²) in [5, 5.41) is 1.26. The van der Waals surface area contributed by atoms with E-state index in [1.807, 2.05) is 19.1 Å². The average Bonchev–Trinajstić information content (AvgIpc) is 3.03. The molecule has 0 bridgehead atoms. The summed E-state index contributed by atoms with van der Waals surface area (Å²) < 4.78 is 26.1. The first kappa shape index (κ1) is 20.5. The Bertz CT molecular complexity index is 921. The molecule has 1 saturated heterocycles. The van der Waals surface area contributed by atoms with Gasteiger partial charge < -0.3 is 4.90 Å². The van der Waals surface area contributed by atoms with Crippen molar-refractivity contribution in [1.29, 1.82) is 0 Å². The van der Waals surface area contributed by atoms with E-state index in [0.29, 0.717) is 47.0 Å². The summed E-state index contributed by atoms with van der Waals surface area (Å²) in [5.41, 5.74) is 1.04. The molecule has 0 unspecified atom stereocenters. The lowest BCUT2D eigenvalue weighted by Crippen LogP contribution is -2.51.